The Labute approximate surface area is 165 Å². The average Bonchev–Trinajstić information content (AvgIpc) is 3.24. The average molecular weight is 389 g/mol. The predicted octanol–water partition coefficient (Wildman–Crippen LogP) is 4.28. The Bertz CT molecular complexity index is 804. The molecular weight excluding hydrogens is 360 g/mol. The van der Waals surface area contributed by atoms with Gasteiger partial charge in [-0.3, -0.25) is 4.79 Å². The zero-order valence-corrected chi connectivity index (χ0v) is 17.3. The summed E-state index contributed by atoms with van der Waals surface area (Å²) < 4.78 is 5.76. The summed E-state index contributed by atoms with van der Waals surface area (Å²) in [5.74, 6) is 0.165. The van der Waals surface area contributed by atoms with Gasteiger partial charge in [0.2, 0.25) is 0 Å². The van der Waals surface area contributed by atoms with Crippen molar-refractivity contribution in [2.24, 2.45) is 0 Å². The molecule has 0 radical (unpaired) electrons. The summed E-state index contributed by atoms with van der Waals surface area (Å²) >= 11 is 1.47. The molecule has 1 N–H and O–H groups in total. The van der Waals surface area contributed by atoms with Crippen LogP contribution in [-0.2, 0) is 16.7 Å². The number of aromatic hydroxyl groups is 1. The second-order valence-electron chi connectivity index (χ2n) is 8.13. The molecule has 0 spiro atoms. The monoisotopic (exact) mass is 388 g/mol. The van der Waals surface area contributed by atoms with Crippen LogP contribution in [-0.4, -0.2) is 40.2 Å². The Morgan fingerprint density at radius 3 is 2.70 bits per heavy atom. The first kappa shape index (κ1) is 19.8. The second kappa shape index (κ2) is 7.98. The molecule has 2 aromatic rings. The number of nitrogens with zero attached hydrogens (tertiary/aromatic N) is 2. The first-order valence-electron chi connectivity index (χ1n) is 9.41. The van der Waals surface area contributed by atoms with Crippen LogP contribution in [0.15, 0.2) is 24.3 Å². The number of benzene rings is 1. The normalized spacial score (nSPS) is 17.3. The summed E-state index contributed by atoms with van der Waals surface area (Å²) in [6.07, 6.45) is 2.03. The van der Waals surface area contributed by atoms with Crippen LogP contribution in [0.25, 0.3) is 0 Å². The highest BCUT2D eigenvalue weighted by Crippen LogP contribution is 2.31. The van der Waals surface area contributed by atoms with E-state index < -0.39 is 0 Å². The van der Waals surface area contributed by atoms with Crippen molar-refractivity contribution in [3.05, 3.63) is 45.4 Å². The van der Waals surface area contributed by atoms with Crippen LogP contribution < -0.4 is 0 Å². The minimum Gasteiger partial charge on any atom is -0.508 e. The molecule has 1 saturated heterocycles. The number of hydrogen-bond donors (Lipinski definition) is 1. The molecule has 1 aliphatic heterocycles. The van der Waals surface area contributed by atoms with E-state index >= 15 is 0 Å². The zero-order valence-electron chi connectivity index (χ0n) is 16.5. The Balaban J connectivity index is 1.88. The third-order valence-corrected chi connectivity index (χ3v) is 6.29. The van der Waals surface area contributed by atoms with Crippen LogP contribution in [0, 0.1) is 6.92 Å². The maximum atomic E-state index is 13.4. The SMILES string of the molecule is Cc1nc(C(C)(C)C)sc1C(=O)N(Cc1ccccc1O)CC1CCCO1. The van der Waals surface area contributed by atoms with Gasteiger partial charge in [0.25, 0.3) is 5.91 Å². The molecular formula is C21H28N2O3S. The molecule has 2 heterocycles. The third-order valence-electron chi connectivity index (χ3n) is 4.72. The molecule has 1 aromatic carbocycles. The van der Waals surface area contributed by atoms with Crippen LogP contribution in [0.2, 0.25) is 0 Å². The zero-order chi connectivity index (χ0) is 19.6. The summed E-state index contributed by atoms with van der Waals surface area (Å²) in [5.41, 5.74) is 1.41. The molecule has 1 aliphatic rings. The molecule has 0 aliphatic carbocycles. The maximum absolute atomic E-state index is 13.4. The third kappa shape index (κ3) is 4.68. The first-order chi connectivity index (χ1) is 12.8. The fourth-order valence-corrected chi connectivity index (χ4v) is 4.25. The number of amides is 1. The summed E-state index contributed by atoms with van der Waals surface area (Å²) in [4.78, 5) is 20.5. The molecule has 3 rings (SSSR count). The van der Waals surface area contributed by atoms with Crippen molar-refractivity contribution in [3.63, 3.8) is 0 Å². The van der Waals surface area contributed by atoms with Crippen LogP contribution in [0.5, 0.6) is 5.75 Å². The van der Waals surface area contributed by atoms with E-state index in [0.717, 1.165) is 35.7 Å². The Morgan fingerprint density at radius 1 is 1.37 bits per heavy atom. The molecule has 6 heteroatoms. The van der Waals surface area contributed by atoms with E-state index in [1.807, 2.05) is 19.1 Å². The van der Waals surface area contributed by atoms with Gasteiger partial charge in [-0.15, -0.1) is 11.3 Å². The largest absolute Gasteiger partial charge is 0.508 e. The van der Waals surface area contributed by atoms with Crippen LogP contribution in [0.3, 0.4) is 0 Å². The van der Waals surface area contributed by atoms with E-state index in [1.165, 1.54) is 11.3 Å². The molecule has 5 nitrogen and oxygen atoms in total. The quantitative estimate of drug-likeness (QED) is 0.831. The van der Waals surface area contributed by atoms with Crippen LogP contribution in [0.4, 0.5) is 0 Å². The lowest BCUT2D eigenvalue weighted by molar-refractivity contribution is 0.0508. The number of aryl methyl sites for hydroxylation is 1. The number of hydrogen-bond acceptors (Lipinski definition) is 5. The van der Waals surface area contributed by atoms with Gasteiger partial charge in [0.15, 0.2) is 0 Å². The summed E-state index contributed by atoms with van der Waals surface area (Å²) in [7, 11) is 0. The van der Waals surface area contributed by atoms with E-state index in [4.69, 9.17) is 4.74 Å². The highest BCUT2D eigenvalue weighted by Gasteiger charge is 2.29. The Hall–Kier alpha value is -1.92. The van der Waals surface area contributed by atoms with Crippen molar-refractivity contribution in [2.45, 2.75) is 58.6 Å². The van der Waals surface area contributed by atoms with Crippen molar-refractivity contribution < 1.29 is 14.6 Å². The molecule has 146 valence electrons. The lowest BCUT2D eigenvalue weighted by Gasteiger charge is -2.25. The smallest absolute Gasteiger partial charge is 0.266 e. The number of phenols is 1. The molecule has 1 atom stereocenters. The second-order valence-corrected chi connectivity index (χ2v) is 9.13. The van der Waals surface area contributed by atoms with E-state index in [-0.39, 0.29) is 23.2 Å². The van der Waals surface area contributed by atoms with Crippen molar-refractivity contribution in [1.29, 1.82) is 0 Å². The van der Waals surface area contributed by atoms with Gasteiger partial charge in [-0.25, -0.2) is 4.98 Å². The van der Waals surface area contributed by atoms with E-state index in [0.29, 0.717) is 18.0 Å². The molecule has 1 amide bonds. The van der Waals surface area contributed by atoms with Gasteiger partial charge in [0.05, 0.1) is 16.8 Å². The molecule has 0 saturated carbocycles. The fraction of sp³-hybridized carbons (Fsp3) is 0.524. The highest BCUT2D eigenvalue weighted by molar-refractivity contribution is 7.14. The van der Waals surface area contributed by atoms with E-state index in [9.17, 15) is 9.90 Å². The number of para-hydroxylation sites is 1. The van der Waals surface area contributed by atoms with E-state index in [1.54, 1.807) is 17.0 Å². The topological polar surface area (TPSA) is 62.7 Å². The van der Waals surface area contributed by atoms with Gasteiger partial charge in [0, 0.05) is 30.7 Å². The number of thiazole rings is 1. The van der Waals surface area contributed by atoms with Gasteiger partial charge in [0.1, 0.15) is 10.6 Å². The molecule has 1 fully saturated rings. The van der Waals surface area contributed by atoms with Crippen molar-refractivity contribution in [1.82, 2.24) is 9.88 Å². The van der Waals surface area contributed by atoms with Crippen molar-refractivity contribution >= 4 is 17.2 Å². The van der Waals surface area contributed by atoms with Gasteiger partial charge in [-0.1, -0.05) is 39.0 Å². The molecule has 1 aromatic heterocycles. The number of carbonyl (C=O) groups is 1. The van der Waals surface area contributed by atoms with Crippen LogP contribution in [0.1, 0.15) is 59.5 Å². The van der Waals surface area contributed by atoms with Gasteiger partial charge >= 0.3 is 0 Å². The fourth-order valence-electron chi connectivity index (χ4n) is 3.16. The number of rotatable bonds is 5. The predicted molar refractivity (Wildman–Crippen MR) is 107 cm³/mol. The number of carbonyl (C=O) groups excluding carboxylic acids is 1. The van der Waals surface area contributed by atoms with Crippen molar-refractivity contribution in [3.8, 4) is 5.75 Å². The maximum Gasteiger partial charge on any atom is 0.266 e. The summed E-state index contributed by atoms with van der Waals surface area (Å²) in [5, 5.41) is 11.1. The first-order valence-corrected chi connectivity index (χ1v) is 10.2. The standard InChI is InChI=1S/C21H28N2O3S/c1-14-18(27-20(22-14)21(2,3)4)19(25)23(13-16-9-7-11-26-16)12-15-8-5-6-10-17(15)24/h5-6,8,10,16,24H,7,9,11-13H2,1-4H3. The Morgan fingerprint density at radius 2 is 2.11 bits per heavy atom. The van der Waals surface area contributed by atoms with Gasteiger partial charge < -0.3 is 14.7 Å². The summed E-state index contributed by atoms with van der Waals surface area (Å²) in [6, 6.07) is 7.17. The van der Waals surface area contributed by atoms with E-state index in [2.05, 4.69) is 25.8 Å². The van der Waals surface area contributed by atoms with Crippen LogP contribution >= 0.6 is 11.3 Å². The van der Waals surface area contributed by atoms with Crippen molar-refractivity contribution in [2.75, 3.05) is 13.2 Å². The number of phenolic OH excluding ortho intramolecular Hbond substituents is 1. The lowest BCUT2D eigenvalue weighted by atomic mass is 9.98. The van der Waals surface area contributed by atoms with Gasteiger partial charge in [-0.05, 0) is 25.8 Å². The molecule has 0 bridgehead atoms. The highest BCUT2D eigenvalue weighted by atomic mass is 32.1. The molecule has 1 unspecified atom stereocenters. The number of ether oxygens (including phenoxy) is 1. The summed E-state index contributed by atoms with van der Waals surface area (Å²) in [6.45, 7) is 9.83. The minimum absolute atomic E-state index is 0.0424. The minimum atomic E-state index is -0.0922. The number of aromatic nitrogens is 1. The Kier molecular flexibility index (Phi) is 5.86. The molecule has 27 heavy (non-hydrogen) atoms. The lowest BCUT2D eigenvalue weighted by Crippen LogP contribution is -2.36. The van der Waals surface area contributed by atoms with Gasteiger partial charge in [-0.2, -0.15) is 0 Å².